The van der Waals surface area contributed by atoms with Gasteiger partial charge in [0.2, 0.25) is 5.91 Å². The summed E-state index contributed by atoms with van der Waals surface area (Å²) < 4.78 is 0. The van der Waals surface area contributed by atoms with Crippen molar-refractivity contribution in [2.24, 2.45) is 5.92 Å². The Kier molecular flexibility index (Phi) is 6.79. The van der Waals surface area contributed by atoms with E-state index in [1.165, 1.54) is 0 Å². The first kappa shape index (κ1) is 20.5. The number of thioether (sulfide) groups is 1. The second-order valence-corrected chi connectivity index (χ2v) is 8.87. The summed E-state index contributed by atoms with van der Waals surface area (Å²) in [5, 5.41) is 3.05. The maximum atomic E-state index is 13.4. The number of benzene rings is 2. The number of nitrogens with zero attached hydrogens (tertiary/aromatic N) is 1. The molecule has 2 atom stereocenters. The van der Waals surface area contributed by atoms with Gasteiger partial charge in [-0.15, -0.1) is 11.8 Å². The second-order valence-electron chi connectivity index (χ2n) is 7.66. The molecule has 1 aliphatic heterocycles. The van der Waals surface area contributed by atoms with Crippen LogP contribution >= 0.6 is 11.8 Å². The van der Waals surface area contributed by atoms with Gasteiger partial charge in [0.1, 0.15) is 6.04 Å². The van der Waals surface area contributed by atoms with Crippen LogP contribution < -0.4 is 5.32 Å². The third kappa shape index (κ3) is 4.76. The van der Waals surface area contributed by atoms with Gasteiger partial charge in [0.05, 0.1) is 5.37 Å². The molecule has 28 heavy (non-hydrogen) atoms. The van der Waals surface area contributed by atoms with E-state index in [1.54, 1.807) is 11.8 Å². The number of carbonyl (C=O) groups excluding carboxylic acids is 2. The standard InChI is InChI=1S/C23H28N2O2S/c1-16(2)13-21-25(23(27)19-12-8-7-9-17(19)3)20(15-28-21)22(26)24-14-18-10-5-4-6-11-18/h4-12,16,20-21H,13-15H2,1-3H3,(H,24,26). The molecule has 2 amide bonds. The third-order valence-corrected chi connectivity index (χ3v) is 6.30. The molecule has 0 radical (unpaired) electrons. The lowest BCUT2D eigenvalue weighted by Crippen LogP contribution is -2.50. The molecular formula is C23H28N2O2S. The average Bonchev–Trinajstić information content (AvgIpc) is 3.09. The molecule has 1 heterocycles. The van der Waals surface area contributed by atoms with Gasteiger partial charge in [-0.25, -0.2) is 0 Å². The molecular weight excluding hydrogens is 368 g/mol. The molecule has 0 saturated carbocycles. The highest BCUT2D eigenvalue weighted by molar-refractivity contribution is 8.00. The average molecular weight is 397 g/mol. The lowest BCUT2D eigenvalue weighted by Gasteiger charge is -2.30. The van der Waals surface area contributed by atoms with Crippen LogP contribution in [0.2, 0.25) is 0 Å². The maximum Gasteiger partial charge on any atom is 0.255 e. The molecule has 4 nitrogen and oxygen atoms in total. The fourth-order valence-corrected chi connectivity index (χ4v) is 5.12. The van der Waals surface area contributed by atoms with Crippen LogP contribution in [0.25, 0.3) is 0 Å². The Balaban J connectivity index is 1.79. The first-order chi connectivity index (χ1) is 13.5. The molecule has 148 valence electrons. The number of hydrogen-bond donors (Lipinski definition) is 1. The van der Waals surface area contributed by atoms with Gasteiger partial charge in [0.15, 0.2) is 0 Å². The van der Waals surface area contributed by atoms with Crippen molar-refractivity contribution < 1.29 is 9.59 Å². The zero-order valence-electron chi connectivity index (χ0n) is 16.7. The Labute approximate surface area is 171 Å². The first-order valence-corrected chi connectivity index (χ1v) is 10.8. The number of nitrogens with one attached hydrogen (secondary N) is 1. The molecule has 5 heteroatoms. The van der Waals surface area contributed by atoms with Crippen molar-refractivity contribution in [3.8, 4) is 0 Å². The van der Waals surface area contributed by atoms with Gasteiger partial charge in [-0.3, -0.25) is 9.59 Å². The van der Waals surface area contributed by atoms with Crippen LogP contribution in [0.15, 0.2) is 54.6 Å². The van der Waals surface area contributed by atoms with E-state index in [9.17, 15) is 9.59 Å². The van der Waals surface area contributed by atoms with E-state index in [-0.39, 0.29) is 17.2 Å². The number of amides is 2. The van der Waals surface area contributed by atoms with Crippen LogP contribution in [-0.4, -0.2) is 33.9 Å². The predicted octanol–water partition coefficient (Wildman–Crippen LogP) is 4.24. The fraction of sp³-hybridized carbons (Fsp3) is 0.391. The van der Waals surface area contributed by atoms with Crippen LogP contribution in [0.3, 0.4) is 0 Å². The van der Waals surface area contributed by atoms with Gasteiger partial charge in [-0.2, -0.15) is 0 Å². The van der Waals surface area contributed by atoms with Crippen molar-refractivity contribution in [1.29, 1.82) is 0 Å². The summed E-state index contributed by atoms with van der Waals surface area (Å²) in [6, 6.07) is 17.0. The van der Waals surface area contributed by atoms with Crippen LogP contribution in [-0.2, 0) is 11.3 Å². The van der Waals surface area contributed by atoms with Crippen LogP contribution in [0.5, 0.6) is 0 Å². The maximum absolute atomic E-state index is 13.4. The summed E-state index contributed by atoms with van der Waals surface area (Å²) >= 11 is 1.71. The number of carbonyl (C=O) groups is 2. The van der Waals surface area contributed by atoms with E-state index >= 15 is 0 Å². The monoisotopic (exact) mass is 396 g/mol. The molecule has 2 aromatic carbocycles. The number of rotatable bonds is 6. The number of aryl methyl sites for hydroxylation is 1. The van der Waals surface area contributed by atoms with Gasteiger partial charge in [-0.1, -0.05) is 62.4 Å². The van der Waals surface area contributed by atoms with E-state index < -0.39 is 6.04 Å². The Morgan fingerprint density at radius 3 is 2.46 bits per heavy atom. The first-order valence-electron chi connectivity index (χ1n) is 9.79. The van der Waals surface area contributed by atoms with E-state index in [2.05, 4.69) is 19.2 Å². The SMILES string of the molecule is Cc1ccccc1C(=O)N1C(CC(C)C)SCC1C(=O)NCc1ccccc1. The molecule has 1 saturated heterocycles. The van der Waals surface area contributed by atoms with Crippen molar-refractivity contribution in [1.82, 2.24) is 10.2 Å². The van der Waals surface area contributed by atoms with Crippen LogP contribution in [0.4, 0.5) is 0 Å². The summed E-state index contributed by atoms with van der Waals surface area (Å²) in [5.74, 6) is 0.962. The van der Waals surface area contributed by atoms with E-state index in [4.69, 9.17) is 0 Å². The Morgan fingerprint density at radius 1 is 1.11 bits per heavy atom. The largest absolute Gasteiger partial charge is 0.350 e. The summed E-state index contributed by atoms with van der Waals surface area (Å²) in [6.45, 7) is 6.72. The molecule has 2 aromatic rings. The number of hydrogen-bond acceptors (Lipinski definition) is 3. The molecule has 0 aromatic heterocycles. The highest BCUT2D eigenvalue weighted by Gasteiger charge is 2.42. The lowest BCUT2D eigenvalue weighted by molar-refractivity contribution is -0.125. The molecule has 1 N–H and O–H groups in total. The van der Waals surface area contributed by atoms with Gasteiger partial charge in [0, 0.05) is 17.9 Å². The van der Waals surface area contributed by atoms with E-state index in [0.29, 0.717) is 23.8 Å². The van der Waals surface area contributed by atoms with Crippen LogP contribution in [0.1, 0.15) is 41.8 Å². The zero-order chi connectivity index (χ0) is 20.1. The summed E-state index contributed by atoms with van der Waals surface area (Å²) in [5.41, 5.74) is 2.67. The zero-order valence-corrected chi connectivity index (χ0v) is 17.5. The van der Waals surface area contributed by atoms with Gasteiger partial charge < -0.3 is 10.2 Å². The predicted molar refractivity (Wildman–Crippen MR) is 115 cm³/mol. The third-order valence-electron chi connectivity index (χ3n) is 4.99. The van der Waals surface area contributed by atoms with Gasteiger partial charge in [-0.05, 0) is 36.5 Å². The van der Waals surface area contributed by atoms with Crippen molar-refractivity contribution in [2.75, 3.05) is 5.75 Å². The van der Waals surface area contributed by atoms with Crippen molar-refractivity contribution in [2.45, 2.75) is 45.2 Å². The molecule has 0 bridgehead atoms. The minimum Gasteiger partial charge on any atom is -0.350 e. The molecule has 2 unspecified atom stereocenters. The summed E-state index contributed by atoms with van der Waals surface area (Å²) in [6.07, 6.45) is 0.880. The Hall–Kier alpha value is -2.27. The van der Waals surface area contributed by atoms with E-state index in [0.717, 1.165) is 17.5 Å². The Morgan fingerprint density at radius 2 is 1.79 bits per heavy atom. The topological polar surface area (TPSA) is 49.4 Å². The quantitative estimate of drug-likeness (QED) is 0.794. The van der Waals surface area contributed by atoms with Crippen molar-refractivity contribution >= 4 is 23.6 Å². The van der Waals surface area contributed by atoms with Crippen LogP contribution in [0, 0.1) is 12.8 Å². The molecule has 1 fully saturated rings. The molecule has 1 aliphatic rings. The minimum absolute atomic E-state index is 0.0274. The highest BCUT2D eigenvalue weighted by Crippen LogP contribution is 2.35. The summed E-state index contributed by atoms with van der Waals surface area (Å²) in [7, 11) is 0. The molecule has 0 aliphatic carbocycles. The second kappa shape index (κ2) is 9.28. The lowest BCUT2D eigenvalue weighted by atomic mass is 10.0. The normalized spacial score (nSPS) is 19.1. The smallest absolute Gasteiger partial charge is 0.255 e. The van der Waals surface area contributed by atoms with Gasteiger partial charge >= 0.3 is 0 Å². The highest BCUT2D eigenvalue weighted by atomic mass is 32.2. The fourth-order valence-electron chi connectivity index (χ4n) is 3.48. The summed E-state index contributed by atoms with van der Waals surface area (Å²) in [4.78, 5) is 28.2. The minimum atomic E-state index is -0.440. The van der Waals surface area contributed by atoms with Crippen molar-refractivity contribution in [3.05, 3.63) is 71.3 Å². The van der Waals surface area contributed by atoms with E-state index in [1.807, 2.05) is 66.4 Å². The van der Waals surface area contributed by atoms with Crippen molar-refractivity contribution in [3.63, 3.8) is 0 Å². The van der Waals surface area contributed by atoms with Gasteiger partial charge in [0.25, 0.3) is 5.91 Å². The Bertz CT molecular complexity index is 822. The molecule has 0 spiro atoms. The molecule has 3 rings (SSSR count).